The largest absolute Gasteiger partial charge is 0.383 e. The molecule has 0 saturated carbocycles. The van der Waals surface area contributed by atoms with Gasteiger partial charge in [0.05, 0.1) is 18.1 Å². The number of nitrogens with zero attached hydrogens (tertiary/aromatic N) is 2. The lowest BCUT2D eigenvalue weighted by Gasteiger charge is -2.30. The molecule has 0 N–H and O–H groups in total. The molecule has 1 saturated heterocycles. The molecule has 7 nitrogen and oxygen atoms in total. The molecule has 138 valence electrons. The maximum atomic E-state index is 12.8. The molecular weight excluding hydrogens is 344 g/mol. The molecule has 2 amide bonds. The van der Waals surface area contributed by atoms with Gasteiger partial charge in [-0.15, -0.1) is 0 Å². The fraction of sp³-hybridized carbons (Fsp3) is 0.529. The molecule has 1 atom stereocenters. The highest BCUT2D eigenvalue weighted by Crippen LogP contribution is 2.20. The Labute approximate surface area is 148 Å². The van der Waals surface area contributed by atoms with Crippen LogP contribution in [0.2, 0.25) is 0 Å². The van der Waals surface area contributed by atoms with Gasteiger partial charge in [-0.25, -0.2) is 8.42 Å². The molecule has 0 bridgehead atoms. The van der Waals surface area contributed by atoms with Crippen molar-refractivity contribution in [2.24, 2.45) is 0 Å². The van der Waals surface area contributed by atoms with Crippen molar-refractivity contribution < 1.29 is 22.7 Å². The maximum absolute atomic E-state index is 12.8. The van der Waals surface area contributed by atoms with E-state index in [1.807, 2.05) is 6.07 Å². The molecule has 0 aromatic heterocycles. The van der Waals surface area contributed by atoms with Crippen molar-refractivity contribution in [3.05, 3.63) is 30.3 Å². The number of hydrogen-bond acceptors (Lipinski definition) is 5. The van der Waals surface area contributed by atoms with Crippen molar-refractivity contribution in [3.63, 3.8) is 0 Å². The first-order valence-corrected chi connectivity index (χ1v) is 10.1. The summed E-state index contributed by atoms with van der Waals surface area (Å²) in [6.07, 6.45) is 0.350. The van der Waals surface area contributed by atoms with Crippen molar-refractivity contribution in [1.82, 2.24) is 4.90 Å². The number of amides is 2. The molecule has 0 spiro atoms. The Bertz CT molecular complexity index is 705. The summed E-state index contributed by atoms with van der Waals surface area (Å²) in [7, 11) is -1.66. The van der Waals surface area contributed by atoms with Crippen LogP contribution in [0.4, 0.5) is 5.69 Å². The third kappa shape index (κ3) is 4.79. The number of rotatable bonds is 6. The minimum absolute atomic E-state index is 0.0405. The summed E-state index contributed by atoms with van der Waals surface area (Å²) in [5.74, 6) is -1.41. The number of carbonyl (C=O) groups excluding carboxylic acids is 2. The molecule has 1 unspecified atom stereocenters. The number of benzene rings is 1. The van der Waals surface area contributed by atoms with Crippen molar-refractivity contribution in [3.8, 4) is 0 Å². The topological polar surface area (TPSA) is 84.0 Å². The summed E-state index contributed by atoms with van der Waals surface area (Å²) in [5.41, 5.74) is 0.633. The van der Waals surface area contributed by atoms with Crippen LogP contribution in [0.15, 0.2) is 30.3 Å². The van der Waals surface area contributed by atoms with Crippen LogP contribution in [-0.4, -0.2) is 69.5 Å². The van der Waals surface area contributed by atoms with Crippen molar-refractivity contribution in [2.75, 3.05) is 43.2 Å². The third-order valence-corrected chi connectivity index (χ3v) is 6.01. The summed E-state index contributed by atoms with van der Waals surface area (Å²) in [5, 5.41) is 0. The minimum Gasteiger partial charge on any atom is -0.383 e. The average Bonchev–Trinajstić information content (AvgIpc) is 2.96. The summed E-state index contributed by atoms with van der Waals surface area (Å²) >= 11 is 0. The van der Waals surface area contributed by atoms with Gasteiger partial charge in [0.15, 0.2) is 9.84 Å². The van der Waals surface area contributed by atoms with E-state index < -0.39 is 27.7 Å². The standard InChI is InChI=1S/C17H24N2O5S/c1-3-18(14-7-5-4-6-8-14)16(20)17(21)19(10-11-24-2)15-9-12-25(22,23)13-15/h4-8,15H,3,9-13H2,1-2H3. The number of likely N-dealkylation sites (N-methyl/N-ethyl adjacent to an activating group) is 1. The highest BCUT2D eigenvalue weighted by Gasteiger charge is 2.37. The second-order valence-corrected chi connectivity index (χ2v) is 8.16. The zero-order valence-electron chi connectivity index (χ0n) is 14.6. The molecule has 8 heteroatoms. The molecule has 2 rings (SSSR count). The number of carbonyl (C=O) groups is 2. The van der Waals surface area contributed by atoms with Gasteiger partial charge in [-0.2, -0.15) is 0 Å². The van der Waals surface area contributed by atoms with Crippen LogP contribution in [0.5, 0.6) is 0 Å². The smallest absolute Gasteiger partial charge is 0.316 e. The van der Waals surface area contributed by atoms with Crippen LogP contribution >= 0.6 is 0 Å². The molecular formula is C17H24N2O5S. The minimum atomic E-state index is -3.16. The molecule has 0 aliphatic carbocycles. The number of ether oxygens (including phenoxy) is 1. The van der Waals surface area contributed by atoms with E-state index in [2.05, 4.69) is 0 Å². The number of anilines is 1. The van der Waals surface area contributed by atoms with Gasteiger partial charge in [-0.3, -0.25) is 9.59 Å². The maximum Gasteiger partial charge on any atom is 0.316 e. The lowest BCUT2D eigenvalue weighted by atomic mass is 10.2. The van der Waals surface area contributed by atoms with Gasteiger partial charge in [0.25, 0.3) is 0 Å². The summed E-state index contributed by atoms with van der Waals surface area (Å²) in [6.45, 7) is 2.56. The van der Waals surface area contributed by atoms with E-state index in [1.165, 1.54) is 16.9 Å². The number of hydrogen-bond donors (Lipinski definition) is 0. The average molecular weight is 368 g/mol. The fourth-order valence-corrected chi connectivity index (χ4v) is 4.68. The zero-order chi connectivity index (χ0) is 18.4. The summed E-state index contributed by atoms with van der Waals surface area (Å²) in [6, 6.07) is 8.45. The predicted octanol–water partition coefficient (Wildman–Crippen LogP) is 0.702. The van der Waals surface area contributed by atoms with Crippen LogP contribution in [0.25, 0.3) is 0 Å². The summed E-state index contributed by atoms with van der Waals surface area (Å²) < 4.78 is 28.5. The predicted molar refractivity (Wildman–Crippen MR) is 95.1 cm³/mol. The quantitative estimate of drug-likeness (QED) is 0.690. The number of methoxy groups -OCH3 is 1. The molecule has 1 fully saturated rings. The van der Waals surface area contributed by atoms with Crippen LogP contribution < -0.4 is 4.90 Å². The lowest BCUT2D eigenvalue weighted by molar-refractivity contribution is -0.146. The van der Waals surface area contributed by atoms with Crippen LogP contribution in [0, 0.1) is 0 Å². The van der Waals surface area contributed by atoms with E-state index in [-0.39, 0.29) is 24.7 Å². The highest BCUT2D eigenvalue weighted by molar-refractivity contribution is 7.91. The van der Waals surface area contributed by atoms with Gasteiger partial charge in [0.1, 0.15) is 0 Å². The second-order valence-electron chi connectivity index (χ2n) is 5.93. The zero-order valence-corrected chi connectivity index (χ0v) is 15.4. The van der Waals surface area contributed by atoms with Crippen LogP contribution in [-0.2, 0) is 24.2 Å². The van der Waals surface area contributed by atoms with E-state index in [0.29, 0.717) is 18.7 Å². The highest BCUT2D eigenvalue weighted by atomic mass is 32.2. The van der Waals surface area contributed by atoms with Gasteiger partial charge >= 0.3 is 11.8 Å². The Kier molecular flexibility index (Phi) is 6.55. The van der Waals surface area contributed by atoms with Crippen molar-refractivity contribution >= 4 is 27.3 Å². The van der Waals surface area contributed by atoms with Crippen molar-refractivity contribution in [1.29, 1.82) is 0 Å². The van der Waals surface area contributed by atoms with E-state index in [0.717, 1.165) is 0 Å². The molecule has 1 aliphatic heterocycles. The van der Waals surface area contributed by atoms with Crippen molar-refractivity contribution in [2.45, 2.75) is 19.4 Å². The molecule has 1 heterocycles. The van der Waals surface area contributed by atoms with Crippen LogP contribution in [0.1, 0.15) is 13.3 Å². The van der Waals surface area contributed by atoms with E-state index in [4.69, 9.17) is 4.74 Å². The molecule has 25 heavy (non-hydrogen) atoms. The number of sulfone groups is 1. The molecule has 1 aromatic carbocycles. The Morgan fingerprint density at radius 3 is 2.40 bits per heavy atom. The van der Waals surface area contributed by atoms with Gasteiger partial charge in [-0.05, 0) is 25.5 Å². The molecule has 0 radical (unpaired) electrons. The normalized spacial score (nSPS) is 18.7. The Morgan fingerprint density at radius 1 is 1.20 bits per heavy atom. The summed E-state index contributed by atoms with van der Waals surface area (Å²) in [4.78, 5) is 28.3. The first-order chi connectivity index (χ1) is 11.9. The van der Waals surface area contributed by atoms with E-state index in [9.17, 15) is 18.0 Å². The van der Waals surface area contributed by atoms with E-state index >= 15 is 0 Å². The molecule has 1 aliphatic rings. The van der Waals surface area contributed by atoms with Gasteiger partial charge in [-0.1, -0.05) is 18.2 Å². The van der Waals surface area contributed by atoms with Crippen LogP contribution in [0.3, 0.4) is 0 Å². The second kappa shape index (κ2) is 8.44. The Morgan fingerprint density at radius 2 is 1.88 bits per heavy atom. The van der Waals surface area contributed by atoms with E-state index in [1.54, 1.807) is 31.2 Å². The van der Waals surface area contributed by atoms with Gasteiger partial charge < -0.3 is 14.5 Å². The van der Waals surface area contributed by atoms with Gasteiger partial charge in [0.2, 0.25) is 0 Å². The SMILES string of the molecule is CCN(C(=O)C(=O)N(CCOC)C1CCS(=O)(=O)C1)c1ccccc1. The first kappa shape index (κ1) is 19.4. The lowest BCUT2D eigenvalue weighted by Crippen LogP contribution is -2.51. The number of para-hydroxylation sites is 1. The Balaban J connectivity index is 2.21. The molecule has 1 aromatic rings. The van der Waals surface area contributed by atoms with Gasteiger partial charge in [0, 0.05) is 31.9 Å². The Hall–Kier alpha value is -1.93. The fourth-order valence-electron chi connectivity index (χ4n) is 2.95. The first-order valence-electron chi connectivity index (χ1n) is 8.26. The monoisotopic (exact) mass is 368 g/mol. The third-order valence-electron chi connectivity index (χ3n) is 4.26.